The average Bonchev–Trinajstić information content (AvgIpc) is 3.25. The van der Waals surface area contributed by atoms with E-state index in [1.165, 1.54) is 37.2 Å². The molecule has 4 fully saturated rings. The van der Waals surface area contributed by atoms with Gasteiger partial charge in [0.1, 0.15) is 12.4 Å². The van der Waals surface area contributed by atoms with Gasteiger partial charge in [0.15, 0.2) is 0 Å². The van der Waals surface area contributed by atoms with E-state index in [-0.39, 0.29) is 36.4 Å². The van der Waals surface area contributed by atoms with Crippen molar-refractivity contribution >= 4 is 23.6 Å². The Balaban J connectivity index is 1.30. The first-order valence-electron chi connectivity index (χ1n) is 15.5. The van der Waals surface area contributed by atoms with Crippen LogP contribution < -0.4 is 16.0 Å². The van der Waals surface area contributed by atoms with Gasteiger partial charge >= 0.3 is 5.96 Å². The molecule has 1 amide bonds. The zero-order valence-corrected chi connectivity index (χ0v) is 24.3. The van der Waals surface area contributed by atoms with Gasteiger partial charge in [-0.15, -0.1) is 4.81 Å². The molecule has 11 heteroatoms. The molecule has 5 rings (SSSR count). The highest BCUT2D eigenvalue weighted by Gasteiger charge is 2.39. The predicted molar refractivity (Wildman–Crippen MR) is 156 cm³/mol. The Morgan fingerprint density at radius 1 is 1.08 bits per heavy atom. The zero-order chi connectivity index (χ0) is 27.1. The summed E-state index contributed by atoms with van der Waals surface area (Å²) >= 11 is 2.03. The molecule has 0 radical (unpaired) electrons. The van der Waals surface area contributed by atoms with Crippen LogP contribution in [0.15, 0.2) is 16.9 Å². The lowest BCUT2D eigenvalue weighted by molar-refractivity contribution is -0.988. The number of amides is 1. The topological polar surface area (TPSA) is 115 Å². The Hall–Kier alpha value is -1.37. The second-order valence-corrected chi connectivity index (χ2v) is 13.1. The number of rotatable bonds is 7. The molecule has 5 heterocycles. The quantitative estimate of drug-likeness (QED) is 0.276. The fourth-order valence-electron chi connectivity index (χ4n) is 6.96. The molecule has 4 N–H and O–H groups in total. The molecule has 0 saturated carbocycles. The SMILES string of the molecule is O=C(NCCC1C(N=C2NC(N3CCCCCC3)=CC[N+]2([O-])O)CCCN1C1CCSCC1)C1CCNCC1. The van der Waals surface area contributed by atoms with Crippen LogP contribution in [0, 0.1) is 11.1 Å². The first-order chi connectivity index (χ1) is 19.0. The molecule has 5 aliphatic heterocycles. The molecular weight excluding hydrogens is 514 g/mol. The van der Waals surface area contributed by atoms with Gasteiger partial charge in [0, 0.05) is 43.7 Å². The lowest BCUT2D eigenvalue weighted by Crippen LogP contribution is -2.59. The standard InChI is InChI=1S/C28H49N7O3S/c36-27(22-7-13-29-14-8-22)30-15-9-25-24(6-5-18-34(25)23-11-20-39-21-12-23)31-28-32-26(10-19-35(28,37)38)33-16-3-1-2-4-17-33/h10,22-25,29,37H,1-9,11-21H2,(H,30,36)(H,31,32). The highest BCUT2D eigenvalue weighted by molar-refractivity contribution is 7.99. The number of hydroxylamine groups is 4. The van der Waals surface area contributed by atoms with Crippen molar-refractivity contribution in [2.45, 2.75) is 88.8 Å². The maximum atomic E-state index is 13.2. The predicted octanol–water partition coefficient (Wildman–Crippen LogP) is 2.60. The summed E-state index contributed by atoms with van der Waals surface area (Å²) in [6.07, 6.45) is 13.5. The summed E-state index contributed by atoms with van der Waals surface area (Å²) in [6.45, 7) is 5.38. The van der Waals surface area contributed by atoms with Gasteiger partial charge in [-0.05, 0) is 88.9 Å². The molecule has 10 nitrogen and oxygen atoms in total. The molecule has 0 aromatic rings. The van der Waals surface area contributed by atoms with E-state index in [9.17, 15) is 15.2 Å². The third kappa shape index (κ3) is 7.68. The van der Waals surface area contributed by atoms with Crippen LogP contribution in [0.5, 0.6) is 0 Å². The van der Waals surface area contributed by atoms with Crippen molar-refractivity contribution in [1.82, 2.24) is 25.8 Å². The Kier molecular flexibility index (Phi) is 10.5. The van der Waals surface area contributed by atoms with E-state index in [4.69, 9.17) is 4.99 Å². The number of piperidine rings is 2. The molecule has 0 bridgehead atoms. The molecule has 0 aromatic carbocycles. The molecule has 3 unspecified atom stereocenters. The first-order valence-corrected chi connectivity index (χ1v) is 16.6. The van der Waals surface area contributed by atoms with Crippen LogP contribution in [0.2, 0.25) is 0 Å². The molecule has 0 aromatic heterocycles. The number of nitrogens with zero attached hydrogens (tertiary/aromatic N) is 4. The van der Waals surface area contributed by atoms with Crippen LogP contribution in [0.4, 0.5) is 0 Å². The monoisotopic (exact) mass is 563 g/mol. The molecule has 5 aliphatic rings. The lowest BCUT2D eigenvalue weighted by atomic mass is 9.90. The minimum Gasteiger partial charge on any atom is -0.591 e. The van der Waals surface area contributed by atoms with Crippen molar-refractivity contribution in [3.05, 3.63) is 17.1 Å². The van der Waals surface area contributed by atoms with Gasteiger partial charge in [-0.1, -0.05) is 12.8 Å². The van der Waals surface area contributed by atoms with Gasteiger partial charge < -0.3 is 20.7 Å². The number of carbonyl (C=O) groups is 1. The number of carbonyl (C=O) groups excluding carboxylic acids is 1. The van der Waals surface area contributed by atoms with Crippen molar-refractivity contribution in [2.75, 3.05) is 57.3 Å². The number of nitrogens with one attached hydrogen (secondary N) is 3. The molecule has 0 spiro atoms. The van der Waals surface area contributed by atoms with Gasteiger partial charge in [-0.3, -0.25) is 15.0 Å². The van der Waals surface area contributed by atoms with E-state index in [2.05, 4.69) is 25.8 Å². The Morgan fingerprint density at radius 3 is 2.56 bits per heavy atom. The first kappa shape index (κ1) is 29.1. The van der Waals surface area contributed by atoms with Gasteiger partial charge in [0.05, 0.1) is 6.04 Å². The van der Waals surface area contributed by atoms with E-state index in [1.54, 1.807) is 0 Å². The minimum atomic E-state index is -1.48. The Bertz CT molecular complexity index is 865. The number of hydrogen-bond acceptors (Lipinski definition) is 8. The number of guanidine groups is 1. The molecule has 0 aliphatic carbocycles. The number of aliphatic imine (C=N–C) groups is 1. The van der Waals surface area contributed by atoms with Crippen LogP contribution in [0.3, 0.4) is 0 Å². The normalized spacial score (nSPS) is 33.3. The molecular formula is C28H49N7O3S. The molecule has 220 valence electrons. The summed E-state index contributed by atoms with van der Waals surface area (Å²) in [6, 6.07) is 0.572. The summed E-state index contributed by atoms with van der Waals surface area (Å²) < 4.78 is 0. The smallest absolute Gasteiger partial charge is 0.337 e. The van der Waals surface area contributed by atoms with E-state index in [1.807, 2.05) is 17.8 Å². The van der Waals surface area contributed by atoms with E-state index in [0.29, 0.717) is 12.6 Å². The van der Waals surface area contributed by atoms with Crippen LogP contribution in [-0.4, -0.2) is 107 Å². The van der Waals surface area contributed by atoms with Gasteiger partial charge in [0.25, 0.3) is 0 Å². The third-order valence-corrected chi connectivity index (χ3v) is 10.3. The lowest BCUT2D eigenvalue weighted by Gasteiger charge is -2.46. The van der Waals surface area contributed by atoms with E-state index >= 15 is 0 Å². The second-order valence-electron chi connectivity index (χ2n) is 11.9. The van der Waals surface area contributed by atoms with E-state index in [0.717, 1.165) is 83.5 Å². The largest absolute Gasteiger partial charge is 0.591 e. The van der Waals surface area contributed by atoms with Crippen LogP contribution in [0.1, 0.15) is 70.6 Å². The number of thioether (sulfide) groups is 1. The third-order valence-electron chi connectivity index (χ3n) is 9.23. The number of hydrogen-bond donors (Lipinski definition) is 4. The molecule has 39 heavy (non-hydrogen) atoms. The maximum Gasteiger partial charge on any atom is 0.337 e. The zero-order valence-electron chi connectivity index (χ0n) is 23.5. The van der Waals surface area contributed by atoms with Gasteiger partial charge in [-0.25, -0.2) is 10.2 Å². The summed E-state index contributed by atoms with van der Waals surface area (Å²) in [5, 5.41) is 33.8. The van der Waals surface area contributed by atoms with Crippen molar-refractivity contribution in [3.8, 4) is 0 Å². The highest BCUT2D eigenvalue weighted by atomic mass is 32.2. The van der Waals surface area contributed by atoms with Crippen molar-refractivity contribution in [3.63, 3.8) is 0 Å². The molecule has 4 saturated heterocycles. The minimum absolute atomic E-state index is 0.0229. The number of likely N-dealkylation sites (tertiary alicyclic amines) is 2. The fraction of sp³-hybridized carbons (Fsp3) is 0.857. The maximum absolute atomic E-state index is 13.2. The van der Waals surface area contributed by atoms with Crippen LogP contribution in [0.25, 0.3) is 0 Å². The van der Waals surface area contributed by atoms with Crippen molar-refractivity contribution in [2.24, 2.45) is 10.9 Å². The van der Waals surface area contributed by atoms with Gasteiger partial charge in [-0.2, -0.15) is 11.8 Å². The van der Waals surface area contributed by atoms with E-state index < -0.39 is 4.81 Å². The average molecular weight is 564 g/mol. The van der Waals surface area contributed by atoms with Crippen LogP contribution >= 0.6 is 11.8 Å². The van der Waals surface area contributed by atoms with Crippen LogP contribution in [-0.2, 0) is 4.79 Å². The molecule has 3 atom stereocenters. The second kappa shape index (κ2) is 14.0. The van der Waals surface area contributed by atoms with Crippen molar-refractivity contribution < 1.29 is 14.8 Å². The fourth-order valence-corrected chi connectivity index (χ4v) is 8.04. The summed E-state index contributed by atoms with van der Waals surface area (Å²) in [4.78, 5) is 21.3. The van der Waals surface area contributed by atoms with Crippen molar-refractivity contribution in [1.29, 1.82) is 0 Å². The Labute approximate surface area is 238 Å². The summed E-state index contributed by atoms with van der Waals surface area (Å²) in [5.41, 5.74) is 0. The highest BCUT2D eigenvalue weighted by Crippen LogP contribution is 2.31. The summed E-state index contributed by atoms with van der Waals surface area (Å²) in [7, 11) is 0. The Morgan fingerprint density at radius 2 is 1.82 bits per heavy atom. The summed E-state index contributed by atoms with van der Waals surface area (Å²) in [5.74, 6) is 3.67. The number of quaternary nitrogens is 1. The van der Waals surface area contributed by atoms with Gasteiger partial charge in [0.2, 0.25) is 5.91 Å².